The molecular weight excluding hydrogens is 352 g/mol. The molecule has 0 aromatic heterocycles. The lowest BCUT2D eigenvalue weighted by Crippen LogP contribution is -2.41. The molecule has 2 amide bonds. The van der Waals surface area contributed by atoms with Crippen molar-refractivity contribution < 1.29 is 14.3 Å². The Hall–Kier alpha value is -2.82. The number of carbonyl (C=O) groups is 2. The maximum Gasteiger partial charge on any atom is 0.253 e. The normalized spacial score (nSPS) is 14.8. The number of ether oxygens (including phenoxy) is 1. The molecule has 28 heavy (non-hydrogen) atoms. The Balaban J connectivity index is 1.56. The van der Waals surface area contributed by atoms with Crippen LogP contribution in [0.5, 0.6) is 5.75 Å². The average molecular weight is 380 g/mol. The molecule has 1 fully saturated rings. The number of nitrogens with one attached hydrogen (secondary N) is 1. The molecule has 0 aliphatic carbocycles. The zero-order chi connectivity index (χ0) is 20.1. The van der Waals surface area contributed by atoms with E-state index < -0.39 is 0 Å². The Labute approximate surface area is 166 Å². The van der Waals surface area contributed by atoms with E-state index in [0.717, 1.165) is 18.6 Å². The fourth-order valence-corrected chi connectivity index (χ4v) is 3.19. The van der Waals surface area contributed by atoms with Gasteiger partial charge < -0.3 is 15.0 Å². The molecule has 1 N–H and O–H groups in total. The largest absolute Gasteiger partial charge is 0.490 e. The van der Waals surface area contributed by atoms with Crippen LogP contribution >= 0.6 is 0 Å². The van der Waals surface area contributed by atoms with Crippen molar-refractivity contribution in [2.45, 2.75) is 39.7 Å². The second kappa shape index (κ2) is 8.91. The minimum Gasteiger partial charge on any atom is -0.490 e. The zero-order valence-corrected chi connectivity index (χ0v) is 16.8. The van der Waals surface area contributed by atoms with Crippen LogP contribution in [0.25, 0.3) is 0 Å². The predicted molar refractivity (Wildman–Crippen MR) is 111 cm³/mol. The third kappa shape index (κ3) is 5.12. The number of benzene rings is 2. The molecule has 5 heteroatoms. The summed E-state index contributed by atoms with van der Waals surface area (Å²) in [6.45, 7) is 7.06. The molecule has 3 rings (SSSR count). The smallest absolute Gasteiger partial charge is 0.253 e. The number of piperidine rings is 1. The molecule has 1 heterocycles. The third-order valence-electron chi connectivity index (χ3n) is 4.95. The van der Waals surface area contributed by atoms with E-state index in [-0.39, 0.29) is 23.8 Å². The molecule has 1 saturated heterocycles. The fraction of sp³-hybridized carbons (Fsp3) is 0.391. The molecular formula is C23H28N2O3. The summed E-state index contributed by atoms with van der Waals surface area (Å²) in [6.07, 6.45) is 1.75. The van der Waals surface area contributed by atoms with Crippen LogP contribution in [0.1, 0.15) is 42.6 Å². The van der Waals surface area contributed by atoms with E-state index in [9.17, 15) is 9.59 Å². The molecule has 5 nitrogen and oxygen atoms in total. The number of amides is 2. The first-order valence-corrected chi connectivity index (χ1v) is 9.86. The highest BCUT2D eigenvalue weighted by molar-refractivity contribution is 5.97. The number of likely N-dealkylation sites (tertiary alicyclic amines) is 1. The Kier molecular flexibility index (Phi) is 6.34. The van der Waals surface area contributed by atoms with Gasteiger partial charge in [-0.2, -0.15) is 0 Å². The summed E-state index contributed by atoms with van der Waals surface area (Å²) in [4.78, 5) is 26.6. The molecule has 0 bridgehead atoms. The lowest BCUT2D eigenvalue weighted by molar-refractivity contribution is -0.118. The summed E-state index contributed by atoms with van der Waals surface area (Å²) < 4.78 is 6.04. The topological polar surface area (TPSA) is 58.6 Å². The van der Waals surface area contributed by atoms with Crippen LogP contribution in [0, 0.1) is 12.8 Å². The van der Waals surface area contributed by atoms with Gasteiger partial charge in [0.15, 0.2) is 0 Å². The van der Waals surface area contributed by atoms with E-state index in [0.29, 0.717) is 24.3 Å². The van der Waals surface area contributed by atoms with Gasteiger partial charge >= 0.3 is 0 Å². The quantitative estimate of drug-likeness (QED) is 0.843. The van der Waals surface area contributed by atoms with Gasteiger partial charge in [0.2, 0.25) is 5.91 Å². The Morgan fingerprint density at radius 3 is 2.39 bits per heavy atom. The van der Waals surface area contributed by atoms with Crippen molar-refractivity contribution in [3.05, 3.63) is 59.7 Å². The molecule has 0 atom stereocenters. The molecule has 148 valence electrons. The van der Waals surface area contributed by atoms with Crippen molar-refractivity contribution in [2.24, 2.45) is 5.92 Å². The summed E-state index contributed by atoms with van der Waals surface area (Å²) in [5.41, 5.74) is 2.46. The van der Waals surface area contributed by atoms with Crippen molar-refractivity contribution in [2.75, 3.05) is 18.4 Å². The standard InChI is InChI=1S/C23H28N2O3/c1-16(2)22(26)24-19-6-4-5-18(15-19)23(27)25-13-11-21(12-14-25)28-20-9-7-17(3)8-10-20/h4-10,15-16,21H,11-14H2,1-3H3,(H,24,26). The summed E-state index contributed by atoms with van der Waals surface area (Å²) >= 11 is 0. The van der Waals surface area contributed by atoms with Gasteiger partial charge in [-0.3, -0.25) is 9.59 Å². The van der Waals surface area contributed by atoms with Crippen LogP contribution < -0.4 is 10.1 Å². The minimum absolute atomic E-state index is 0.00516. The predicted octanol–water partition coefficient (Wildman–Crippen LogP) is 4.27. The number of carbonyl (C=O) groups excluding carboxylic acids is 2. The first kappa shape index (κ1) is 19.9. The highest BCUT2D eigenvalue weighted by Gasteiger charge is 2.25. The first-order valence-electron chi connectivity index (χ1n) is 9.86. The van der Waals surface area contributed by atoms with Gasteiger partial charge in [-0.15, -0.1) is 0 Å². The van der Waals surface area contributed by atoms with Crippen LogP contribution in [-0.4, -0.2) is 35.9 Å². The van der Waals surface area contributed by atoms with Crippen molar-refractivity contribution in [1.29, 1.82) is 0 Å². The number of hydrogen-bond acceptors (Lipinski definition) is 3. The molecule has 1 aliphatic heterocycles. The van der Waals surface area contributed by atoms with Crippen LogP contribution in [0.4, 0.5) is 5.69 Å². The van der Waals surface area contributed by atoms with Gasteiger partial charge in [-0.25, -0.2) is 0 Å². The summed E-state index contributed by atoms with van der Waals surface area (Å²) in [5, 5.41) is 2.85. The van der Waals surface area contributed by atoms with E-state index in [2.05, 4.69) is 12.2 Å². The SMILES string of the molecule is Cc1ccc(OC2CCN(C(=O)c3cccc(NC(=O)C(C)C)c3)CC2)cc1. The average Bonchev–Trinajstić information content (AvgIpc) is 2.70. The van der Waals surface area contributed by atoms with Crippen molar-refractivity contribution >= 4 is 17.5 Å². The Morgan fingerprint density at radius 2 is 1.75 bits per heavy atom. The number of nitrogens with zero attached hydrogens (tertiary/aromatic N) is 1. The monoisotopic (exact) mass is 380 g/mol. The summed E-state index contributed by atoms with van der Waals surface area (Å²) in [6, 6.07) is 15.2. The third-order valence-corrected chi connectivity index (χ3v) is 4.95. The molecule has 0 unspecified atom stereocenters. The minimum atomic E-state index is -0.105. The first-order chi connectivity index (χ1) is 13.4. The van der Waals surface area contributed by atoms with E-state index in [1.54, 1.807) is 24.3 Å². The van der Waals surface area contributed by atoms with Crippen LogP contribution in [0.2, 0.25) is 0 Å². The number of anilines is 1. The van der Waals surface area contributed by atoms with Crippen molar-refractivity contribution in [3.63, 3.8) is 0 Å². The van der Waals surface area contributed by atoms with Crippen molar-refractivity contribution in [1.82, 2.24) is 4.90 Å². The molecule has 0 radical (unpaired) electrons. The van der Waals surface area contributed by atoms with Gasteiger partial charge in [0.05, 0.1) is 0 Å². The van der Waals surface area contributed by atoms with Crippen LogP contribution in [0.15, 0.2) is 48.5 Å². The van der Waals surface area contributed by atoms with Gasteiger partial charge in [-0.1, -0.05) is 37.6 Å². The molecule has 0 saturated carbocycles. The van der Waals surface area contributed by atoms with Crippen LogP contribution in [-0.2, 0) is 4.79 Å². The molecule has 2 aromatic rings. The van der Waals surface area contributed by atoms with Crippen LogP contribution in [0.3, 0.4) is 0 Å². The molecule has 1 aliphatic rings. The number of aryl methyl sites for hydroxylation is 1. The molecule has 2 aromatic carbocycles. The van der Waals surface area contributed by atoms with E-state index in [4.69, 9.17) is 4.74 Å². The fourth-order valence-electron chi connectivity index (χ4n) is 3.19. The second-order valence-electron chi connectivity index (χ2n) is 7.65. The van der Waals surface area contributed by atoms with Gasteiger partial charge in [0.1, 0.15) is 11.9 Å². The highest BCUT2D eigenvalue weighted by atomic mass is 16.5. The number of hydrogen-bond donors (Lipinski definition) is 1. The van der Waals surface area contributed by atoms with Gasteiger partial charge in [-0.05, 0) is 37.3 Å². The van der Waals surface area contributed by atoms with E-state index >= 15 is 0 Å². The zero-order valence-electron chi connectivity index (χ0n) is 16.8. The summed E-state index contributed by atoms with van der Waals surface area (Å²) in [7, 11) is 0. The van der Waals surface area contributed by atoms with Gasteiger partial charge in [0.25, 0.3) is 5.91 Å². The van der Waals surface area contributed by atoms with E-state index in [1.165, 1.54) is 5.56 Å². The number of rotatable bonds is 5. The Morgan fingerprint density at radius 1 is 1.07 bits per heavy atom. The van der Waals surface area contributed by atoms with Crippen molar-refractivity contribution in [3.8, 4) is 5.75 Å². The summed E-state index contributed by atoms with van der Waals surface area (Å²) in [5.74, 6) is 0.712. The van der Waals surface area contributed by atoms with Gasteiger partial charge in [0, 0.05) is 43.1 Å². The van der Waals surface area contributed by atoms with E-state index in [1.807, 2.05) is 43.0 Å². The lowest BCUT2D eigenvalue weighted by atomic mass is 10.1. The Bertz CT molecular complexity index is 822. The lowest BCUT2D eigenvalue weighted by Gasteiger charge is -2.32. The maximum atomic E-state index is 12.8. The second-order valence-corrected chi connectivity index (χ2v) is 7.65. The molecule has 0 spiro atoms. The maximum absolute atomic E-state index is 12.8. The highest BCUT2D eigenvalue weighted by Crippen LogP contribution is 2.21.